The molecule has 55 heavy (non-hydrogen) atoms. The van der Waals surface area contributed by atoms with Crippen molar-refractivity contribution in [1.82, 2.24) is 0 Å². The van der Waals surface area contributed by atoms with Crippen LogP contribution in [0.2, 0.25) is 0 Å². The van der Waals surface area contributed by atoms with Crippen molar-refractivity contribution in [3.8, 4) is 11.1 Å². The Hall–Kier alpha value is -6.22. The lowest BCUT2D eigenvalue weighted by molar-refractivity contribution is -0.474. The van der Waals surface area contributed by atoms with Gasteiger partial charge in [-0.25, -0.2) is 4.85 Å². The summed E-state index contributed by atoms with van der Waals surface area (Å²) in [5.74, 6) is 0. The summed E-state index contributed by atoms with van der Waals surface area (Å²) in [6, 6.07) is 51.5. The minimum atomic E-state index is 0.265. The summed E-state index contributed by atoms with van der Waals surface area (Å²) in [6.07, 6.45) is 8.98. The molecule has 7 rings (SSSR count). The average molecular weight is 736 g/mol. The summed E-state index contributed by atoms with van der Waals surface area (Å²) < 4.78 is 2.37. The molecule has 1 aliphatic carbocycles. The summed E-state index contributed by atoms with van der Waals surface area (Å²) >= 11 is 1.71. The summed E-state index contributed by atoms with van der Waals surface area (Å²) in [5.41, 5.74) is 11.6. The van der Waals surface area contributed by atoms with Crippen LogP contribution in [0.25, 0.3) is 21.5 Å². The van der Waals surface area contributed by atoms with Crippen LogP contribution in [0, 0.1) is 6.57 Å². The van der Waals surface area contributed by atoms with Gasteiger partial charge in [-0.15, -0.1) is 11.3 Å². The molecule has 0 N–H and O–H groups in total. The molecule has 5 aromatic carbocycles. The van der Waals surface area contributed by atoms with Gasteiger partial charge in [0.15, 0.2) is 6.04 Å². The predicted molar refractivity (Wildman–Crippen MR) is 236 cm³/mol. The van der Waals surface area contributed by atoms with Crippen LogP contribution in [0.5, 0.6) is 0 Å². The first-order valence-electron chi connectivity index (χ1n) is 19.1. The van der Waals surface area contributed by atoms with E-state index >= 15 is 0 Å². The number of allylic oxidation sites excluding steroid dienone is 5. The smallest absolute Gasteiger partial charge is 0.229 e. The van der Waals surface area contributed by atoms with Crippen molar-refractivity contribution in [3.05, 3.63) is 197 Å². The van der Waals surface area contributed by atoms with Crippen molar-refractivity contribution in [2.24, 2.45) is 0 Å². The first-order valence-corrected chi connectivity index (χ1v) is 19.9. The fourth-order valence-corrected chi connectivity index (χ4v) is 8.91. The van der Waals surface area contributed by atoms with Gasteiger partial charge in [-0.2, -0.15) is 4.58 Å². The van der Waals surface area contributed by atoms with Gasteiger partial charge in [0.1, 0.15) is 5.00 Å². The second-order valence-electron chi connectivity index (χ2n) is 14.1. The van der Waals surface area contributed by atoms with Crippen LogP contribution in [0.1, 0.15) is 45.1 Å². The van der Waals surface area contributed by atoms with E-state index in [9.17, 15) is 0 Å². The average Bonchev–Trinajstić information content (AvgIpc) is 3.59. The molecule has 6 aromatic rings. The number of benzene rings is 5. The van der Waals surface area contributed by atoms with Gasteiger partial charge < -0.3 is 9.80 Å². The maximum atomic E-state index is 8.65. The van der Waals surface area contributed by atoms with Crippen molar-refractivity contribution in [1.29, 1.82) is 0 Å². The molecule has 0 radical (unpaired) electrons. The maximum Gasteiger partial charge on any atom is 0.229 e. The molecule has 1 aromatic heterocycles. The molecule has 0 spiro atoms. The molecule has 0 saturated carbocycles. The number of rotatable bonds is 11. The number of hydrogen-bond acceptors (Lipinski definition) is 3. The molecular weight excluding hydrogens is 689 g/mol. The first-order chi connectivity index (χ1) is 26.9. The van der Waals surface area contributed by atoms with Gasteiger partial charge >= 0.3 is 0 Å². The topological polar surface area (TPSA) is 13.8 Å². The zero-order valence-corrected chi connectivity index (χ0v) is 33.0. The van der Waals surface area contributed by atoms with Crippen LogP contribution >= 0.6 is 11.3 Å². The number of hydrogen-bond donors (Lipinski definition) is 0. The third kappa shape index (κ3) is 7.74. The van der Waals surface area contributed by atoms with Crippen molar-refractivity contribution >= 4 is 56.1 Å². The van der Waals surface area contributed by atoms with Gasteiger partial charge in [-0.05, 0) is 99.9 Å². The van der Waals surface area contributed by atoms with E-state index in [2.05, 4.69) is 212 Å². The lowest BCUT2D eigenvalue weighted by Gasteiger charge is -2.29. The van der Waals surface area contributed by atoms with Crippen LogP contribution in [0.15, 0.2) is 175 Å². The highest BCUT2D eigenvalue weighted by molar-refractivity contribution is 7.18. The molecule has 0 aliphatic heterocycles. The number of nitrogens with zero attached hydrogens (tertiary/aromatic N) is 4. The highest BCUT2D eigenvalue weighted by Gasteiger charge is 2.28. The fraction of sp³-hybridized carbons (Fsp3) is 0.160. The van der Waals surface area contributed by atoms with Gasteiger partial charge in [-0.1, -0.05) is 97.1 Å². The zero-order valence-electron chi connectivity index (χ0n) is 32.2. The molecule has 0 saturated heterocycles. The molecule has 0 bridgehead atoms. The second-order valence-corrected chi connectivity index (χ2v) is 15.1. The molecule has 0 atom stereocenters. The van der Waals surface area contributed by atoms with Crippen molar-refractivity contribution < 1.29 is 4.58 Å². The normalized spacial score (nSPS) is 12.3. The standard InChI is InChI=1S/C50H47N4S/c1-7-52(41-22-14-9-15-23-41)50-48(51-6)47(38-20-12-8-13-21-38)49(55-50)46(39-28-32-44(33-29-39)53(36(2)3)42-24-16-10-17-25-42)40-30-34-45(35-31-40)54(37(4)5)43-26-18-11-19-27-43/h8-37H,7H2,1-5H3/q+1. The first kappa shape index (κ1) is 37.1. The summed E-state index contributed by atoms with van der Waals surface area (Å²) in [5, 5.41) is 0.952. The third-order valence-electron chi connectivity index (χ3n) is 9.87. The van der Waals surface area contributed by atoms with E-state index < -0.39 is 0 Å². The highest BCUT2D eigenvalue weighted by Crippen LogP contribution is 2.54. The highest BCUT2D eigenvalue weighted by atomic mass is 32.1. The Bertz CT molecular complexity index is 2380. The van der Waals surface area contributed by atoms with E-state index in [1.807, 2.05) is 12.1 Å². The van der Waals surface area contributed by atoms with E-state index in [-0.39, 0.29) is 12.1 Å². The van der Waals surface area contributed by atoms with E-state index in [0.717, 1.165) is 72.7 Å². The Balaban J connectivity index is 1.47. The Kier molecular flexibility index (Phi) is 11.4. The molecule has 4 nitrogen and oxygen atoms in total. The molecule has 1 heterocycles. The van der Waals surface area contributed by atoms with Crippen LogP contribution in [0.4, 0.5) is 33.4 Å². The minimum Gasteiger partial charge on any atom is -0.342 e. The van der Waals surface area contributed by atoms with Gasteiger partial charge in [-0.3, -0.25) is 0 Å². The lowest BCUT2D eigenvalue weighted by Crippen LogP contribution is -2.25. The van der Waals surface area contributed by atoms with Gasteiger partial charge in [0.05, 0.1) is 6.57 Å². The number of para-hydroxylation sites is 3. The Morgan fingerprint density at radius 3 is 1.71 bits per heavy atom. The van der Waals surface area contributed by atoms with E-state index in [4.69, 9.17) is 6.57 Å². The van der Waals surface area contributed by atoms with Gasteiger partial charge in [0, 0.05) is 69.9 Å². The quantitative estimate of drug-likeness (QED) is 0.0971. The van der Waals surface area contributed by atoms with E-state index in [1.54, 1.807) is 11.3 Å². The van der Waals surface area contributed by atoms with Crippen molar-refractivity contribution in [2.45, 2.75) is 46.7 Å². The van der Waals surface area contributed by atoms with Crippen LogP contribution in [-0.2, 0) is 0 Å². The van der Waals surface area contributed by atoms with E-state index in [0.29, 0.717) is 5.69 Å². The number of anilines is 4. The zero-order chi connectivity index (χ0) is 38.3. The molecule has 1 aliphatic rings. The van der Waals surface area contributed by atoms with E-state index in [1.165, 1.54) is 0 Å². The van der Waals surface area contributed by atoms with Crippen LogP contribution in [-0.4, -0.2) is 28.9 Å². The SMILES string of the molecule is [C-]#[N+]c1c(N(CC)c2ccccc2)sc(C(=C2C=CC(=[N+](c3ccccc3)C(C)C)C=C2)c2ccc(N(c3ccccc3)C(C)C)cc2)c1-c1ccccc1. The molecule has 0 fully saturated rings. The maximum absolute atomic E-state index is 8.65. The Morgan fingerprint density at radius 2 is 1.18 bits per heavy atom. The number of thiophene rings is 1. The summed E-state index contributed by atoms with van der Waals surface area (Å²) in [6.45, 7) is 20.5. The largest absolute Gasteiger partial charge is 0.342 e. The lowest BCUT2D eigenvalue weighted by atomic mass is 9.91. The minimum absolute atomic E-state index is 0.265. The van der Waals surface area contributed by atoms with Crippen molar-refractivity contribution in [3.63, 3.8) is 0 Å². The third-order valence-corrected chi connectivity index (χ3v) is 11.1. The van der Waals surface area contributed by atoms with Gasteiger partial charge in [0.25, 0.3) is 0 Å². The fourth-order valence-electron chi connectivity index (χ4n) is 7.47. The Labute approximate surface area is 330 Å². The molecule has 0 amide bonds. The van der Waals surface area contributed by atoms with Crippen LogP contribution in [0.3, 0.4) is 0 Å². The van der Waals surface area contributed by atoms with Crippen molar-refractivity contribution in [2.75, 3.05) is 16.3 Å². The molecular formula is C50H47N4S+. The summed E-state index contributed by atoms with van der Waals surface area (Å²) in [7, 11) is 0. The monoisotopic (exact) mass is 735 g/mol. The molecule has 0 unspecified atom stereocenters. The second kappa shape index (κ2) is 16.8. The predicted octanol–water partition coefficient (Wildman–Crippen LogP) is 13.8. The molecule has 5 heteroatoms. The summed E-state index contributed by atoms with van der Waals surface area (Å²) in [4.78, 5) is 10.0. The molecule has 272 valence electrons. The Morgan fingerprint density at radius 1 is 0.655 bits per heavy atom. The van der Waals surface area contributed by atoms with Gasteiger partial charge in [0.2, 0.25) is 17.1 Å². The van der Waals surface area contributed by atoms with Crippen LogP contribution < -0.4 is 9.80 Å².